The maximum absolute atomic E-state index is 11.6. The van der Waals surface area contributed by atoms with Gasteiger partial charge >= 0.3 is 0 Å². The lowest BCUT2D eigenvalue weighted by atomic mass is 9.60. The zero-order chi connectivity index (χ0) is 14.2. The summed E-state index contributed by atoms with van der Waals surface area (Å²) in [6.45, 7) is 6.64. The van der Waals surface area contributed by atoms with Gasteiger partial charge in [0.2, 0.25) is 0 Å². The number of imidazole rings is 1. The minimum atomic E-state index is -0.859. The zero-order valence-corrected chi connectivity index (χ0v) is 12.4. The summed E-state index contributed by atoms with van der Waals surface area (Å²) in [5, 5.41) is 11.6. The van der Waals surface area contributed by atoms with Crippen LogP contribution in [0, 0.1) is 16.7 Å². The molecular weight excluding hydrogens is 248 g/mol. The van der Waals surface area contributed by atoms with E-state index in [-0.39, 0.29) is 10.8 Å². The van der Waals surface area contributed by atoms with Gasteiger partial charge in [0, 0.05) is 10.8 Å². The van der Waals surface area contributed by atoms with Crippen LogP contribution in [0.1, 0.15) is 45.9 Å². The van der Waals surface area contributed by atoms with Crippen molar-refractivity contribution < 1.29 is 5.11 Å². The molecule has 106 valence electrons. The van der Waals surface area contributed by atoms with Gasteiger partial charge in [0.15, 0.2) is 0 Å². The van der Waals surface area contributed by atoms with Crippen LogP contribution in [0.3, 0.4) is 0 Å². The number of nitrogens with zero attached hydrogens (tertiary/aromatic N) is 1. The van der Waals surface area contributed by atoms with Gasteiger partial charge in [-0.05, 0) is 37.3 Å². The van der Waals surface area contributed by atoms with Crippen molar-refractivity contribution in [2.75, 3.05) is 0 Å². The van der Waals surface area contributed by atoms with E-state index in [2.05, 4.69) is 25.8 Å². The molecule has 0 amide bonds. The predicted octanol–water partition coefficient (Wildman–Crippen LogP) is 3.60. The molecule has 3 heteroatoms. The minimum absolute atomic E-state index is 0.0605. The Bertz CT molecular complexity index is 649. The van der Waals surface area contributed by atoms with Crippen molar-refractivity contribution in [1.29, 1.82) is 0 Å². The minimum Gasteiger partial charge on any atom is -0.381 e. The molecule has 0 radical (unpaired) electrons. The highest BCUT2D eigenvalue weighted by atomic mass is 16.3. The lowest BCUT2D eigenvalue weighted by Crippen LogP contribution is -2.52. The maximum Gasteiger partial charge on any atom is 0.140 e. The highest BCUT2D eigenvalue weighted by Gasteiger charge is 2.70. The van der Waals surface area contributed by atoms with Gasteiger partial charge in [0.25, 0.3) is 0 Å². The zero-order valence-electron chi connectivity index (χ0n) is 12.4. The van der Waals surface area contributed by atoms with Gasteiger partial charge in [-0.2, -0.15) is 0 Å². The monoisotopic (exact) mass is 270 g/mol. The molecular formula is C17H22N2O. The fourth-order valence-electron chi connectivity index (χ4n) is 4.97. The normalized spacial score (nSPS) is 38.7. The molecule has 4 rings (SSSR count). The fraction of sp³-hybridized carbons (Fsp3) is 0.588. The topological polar surface area (TPSA) is 48.9 Å². The van der Waals surface area contributed by atoms with Crippen LogP contribution >= 0.6 is 0 Å². The van der Waals surface area contributed by atoms with Crippen LogP contribution in [0.5, 0.6) is 0 Å². The van der Waals surface area contributed by atoms with Gasteiger partial charge < -0.3 is 10.1 Å². The molecule has 2 N–H and O–H groups in total. The number of aromatic nitrogens is 2. The summed E-state index contributed by atoms with van der Waals surface area (Å²) in [6, 6.07) is 8.02. The molecule has 3 nitrogen and oxygen atoms in total. The van der Waals surface area contributed by atoms with Crippen molar-refractivity contribution in [1.82, 2.24) is 9.97 Å². The number of rotatable bonds is 1. The third kappa shape index (κ3) is 1.19. The second kappa shape index (κ2) is 3.45. The van der Waals surface area contributed by atoms with Gasteiger partial charge in [-0.15, -0.1) is 0 Å². The Balaban J connectivity index is 1.95. The van der Waals surface area contributed by atoms with E-state index in [1.807, 2.05) is 24.3 Å². The highest BCUT2D eigenvalue weighted by molar-refractivity contribution is 5.75. The van der Waals surface area contributed by atoms with Crippen LogP contribution in [0.2, 0.25) is 0 Å². The van der Waals surface area contributed by atoms with Crippen LogP contribution in [0.15, 0.2) is 24.3 Å². The molecule has 0 spiro atoms. The SMILES string of the molecule is CC12CCC(C1)C(C)(C)C2(O)c1nc2ccccc2[nH]1. The Morgan fingerprint density at radius 1 is 1.25 bits per heavy atom. The van der Waals surface area contributed by atoms with Crippen LogP contribution in [-0.4, -0.2) is 15.1 Å². The second-order valence-electron chi connectivity index (χ2n) is 7.54. The summed E-state index contributed by atoms with van der Waals surface area (Å²) in [6.07, 6.45) is 3.42. The number of nitrogens with one attached hydrogen (secondary N) is 1. The van der Waals surface area contributed by atoms with Crippen molar-refractivity contribution in [3.05, 3.63) is 30.1 Å². The molecule has 2 aliphatic carbocycles. The van der Waals surface area contributed by atoms with Gasteiger partial charge in [0.1, 0.15) is 11.4 Å². The number of hydrogen-bond donors (Lipinski definition) is 2. The summed E-state index contributed by atoms with van der Waals surface area (Å²) >= 11 is 0. The van der Waals surface area contributed by atoms with Crippen molar-refractivity contribution >= 4 is 11.0 Å². The third-order valence-electron chi connectivity index (χ3n) is 6.30. The summed E-state index contributed by atoms with van der Waals surface area (Å²) in [5.74, 6) is 1.35. The van der Waals surface area contributed by atoms with E-state index in [4.69, 9.17) is 4.98 Å². The fourth-order valence-corrected chi connectivity index (χ4v) is 4.97. The Morgan fingerprint density at radius 3 is 2.65 bits per heavy atom. The molecule has 0 aliphatic heterocycles. The quantitative estimate of drug-likeness (QED) is 0.832. The number of H-pyrrole nitrogens is 1. The third-order valence-corrected chi connectivity index (χ3v) is 6.30. The molecule has 2 bridgehead atoms. The first-order valence-electron chi connectivity index (χ1n) is 7.56. The van der Waals surface area contributed by atoms with Gasteiger partial charge in [-0.3, -0.25) is 0 Å². The Hall–Kier alpha value is -1.35. The van der Waals surface area contributed by atoms with Gasteiger partial charge in [0.05, 0.1) is 11.0 Å². The number of aromatic amines is 1. The molecule has 20 heavy (non-hydrogen) atoms. The van der Waals surface area contributed by atoms with Crippen molar-refractivity contribution in [3.63, 3.8) is 0 Å². The molecule has 2 aromatic rings. The standard InChI is InChI=1S/C17H22N2O/c1-15(2)11-8-9-16(3,10-11)17(15,20)14-18-12-6-4-5-7-13(12)19-14/h4-7,11,20H,8-10H2,1-3H3,(H,18,19). The summed E-state index contributed by atoms with van der Waals surface area (Å²) in [5.41, 5.74) is 0.904. The predicted molar refractivity (Wildman–Crippen MR) is 79.2 cm³/mol. The van der Waals surface area contributed by atoms with E-state index in [1.54, 1.807) is 0 Å². The van der Waals surface area contributed by atoms with Crippen LogP contribution < -0.4 is 0 Å². The Morgan fingerprint density at radius 2 is 2.00 bits per heavy atom. The van der Waals surface area contributed by atoms with Gasteiger partial charge in [-0.25, -0.2) is 4.98 Å². The average molecular weight is 270 g/mol. The molecule has 2 fully saturated rings. The first kappa shape index (κ1) is 12.4. The first-order chi connectivity index (χ1) is 9.38. The van der Waals surface area contributed by atoms with Crippen LogP contribution in [0.4, 0.5) is 0 Å². The van der Waals surface area contributed by atoms with E-state index >= 15 is 0 Å². The molecule has 1 heterocycles. The first-order valence-corrected chi connectivity index (χ1v) is 7.56. The maximum atomic E-state index is 11.6. The smallest absolute Gasteiger partial charge is 0.140 e. The number of benzene rings is 1. The van der Waals surface area contributed by atoms with Crippen LogP contribution in [-0.2, 0) is 5.60 Å². The number of aliphatic hydroxyl groups is 1. The molecule has 0 saturated heterocycles. The Kier molecular flexibility index (Phi) is 2.14. The van der Waals surface area contributed by atoms with E-state index in [0.717, 1.165) is 29.7 Å². The van der Waals surface area contributed by atoms with E-state index in [1.165, 1.54) is 6.42 Å². The number of hydrogen-bond acceptors (Lipinski definition) is 2. The molecule has 1 aromatic carbocycles. The van der Waals surface area contributed by atoms with Gasteiger partial charge in [-0.1, -0.05) is 32.9 Å². The van der Waals surface area contributed by atoms with Crippen molar-refractivity contribution in [2.24, 2.45) is 16.7 Å². The Labute approximate surface area is 119 Å². The molecule has 2 saturated carbocycles. The average Bonchev–Trinajstić information content (AvgIpc) is 3.04. The van der Waals surface area contributed by atoms with Crippen LogP contribution in [0.25, 0.3) is 11.0 Å². The summed E-state index contributed by atoms with van der Waals surface area (Å²) < 4.78 is 0. The summed E-state index contributed by atoms with van der Waals surface area (Å²) in [7, 11) is 0. The molecule has 2 aliphatic rings. The van der Waals surface area contributed by atoms with E-state index in [0.29, 0.717) is 5.92 Å². The number of fused-ring (bicyclic) bond motifs is 3. The highest BCUT2D eigenvalue weighted by Crippen LogP contribution is 2.71. The second-order valence-corrected chi connectivity index (χ2v) is 7.54. The largest absolute Gasteiger partial charge is 0.381 e. The molecule has 1 aromatic heterocycles. The summed E-state index contributed by atoms with van der Waals surface area (Å²) in [4.78, 5) is 8.10. The van der Waals surface area contributed by atoms with Crippen molar-refractivity contribution in [2.45, 2.75) is 45.6 Å². The lowest BCUT2D eigenvalue weighted by Gasteiger charge is -2.49. The van der Waals surface area contributed by atoms with E-state index < -0.39 is 5.60 Å². The molecule has 3 atom stereocenters. The molecule has 3 unspecified atom stereocenters. The lowest BCUT2D eigenvalue weighted by molar-refractivity contribution is -0.156. The van der Waals surface area contributed by atoms with E-state index in [9.17, 15) is 5.11 Å². The number of para-hydroxylation sites is 2. The van der Waals surface area contributed by atoms with Crippen molar-refractivity contribution in [3.8, 4) is 0 Å².